The van der Waals surface area contributed by atoms with Crippen LogP contribution in [0.1, 0.15) is 24.8 Å². The van der Waals surface area contributed by atoms with Gasteiger partial charge in [-0.25, -0.2) is 4.39 Å². The number of rotatable bonds is 6. The molecule has 3 N–H and O–H groups in total. The third-order valence-electron chi connectivity index (χ3n) is 2.32. The third-order valence-corrected chi connectivity index (χ3v) is 2.32. The molecule has 0 radical (unpaired) electrons. The third kappa shape index (κ3) is 4.32. The summed E-state index contributed by atoms with van der Waals surface area (Å²) < 4.78 is 12.7. The molecule has 5 nitrogen and oxygen atoms in total. The Kier molecular flexibility index (Phi) is 4.98. The standard InChI is InChI=1S/C12H13FN2O3/c13-9-3-1-8(2-4-9)11(15-14)6-5-10(16)7-12(17)18/h1-4H,5-7,14H2,(H,17,18). The van der Waals surface area contributed by atoms with Gasteiger partial charge in [-0.15, -0.1) is 0 Å². The van der Waals surface area contributed by atoms with Crippen molar-refractivity contribution in [3.8, 4) is 0 Å². The monoisotopic (exact) mass is 252 g/mol. The van der Waals surface area contributed by atoms with E-state index in [4.69, 9.17) is 10.9 Å². The van der Waals surface area contributed by atoms with Crippen LogP contribution < -0.4 is 5.84 Å². The Labute approximate surface area is 103 Å². The minimum atomic E-state index is -1.16. The molecule has 0 atom stereocenters. The first-order chi connectivity index (χ1) is 8.52. The average Bonchev–Trinajstić information content (AvgIpc) is 2.31. The van der Waals surface area contributed by atoms with Crippen LogP contribution in [0.3, 0.4) is 0 Å². The van der Waals surface area contributed by atoms with Gasteiger partial charge in [0.25, 0.3) is 0 Å². The Morgan fingerprint density at radius 1 is 1.22 bits per heavy atom. The lowest BCUT2D eigenvalue weighted by Crippen LogP contribution is -2.11. The number of halogens is 1. The van der Waals surface area contributed by atoms with Gasteiger partial charge in [0.2, 0.25) is 0 Å². The highest BCUT2D eigenvalue weighted by atomic mass is 19.1. The number of hydrazone groups is 1. The van der Waals surface area contributed by atoms with Crippen LogP contribution in [0.25, 0.3) is 0 Å². The van der Waals surface area contributed by atoms with Crippen LogP contribution in [0.2, 0.25) is 0 Å². The van der Waals surface area contributed by atoms with Crippen LogP contribution in [-0.4, -0.2) is 22.6 Å². The maximum Gasteiger partial charge on any atom is 0.310 e. The normalized spacial score (nSPS) is 11.3. The first kappa shape index (κ1) is 13.8. The van der Waals surface area contributed by atoms with E-state index < -0.39 is 18.2 Å². The molecule has 0 bridgehead atoms. The van der Waals surface area contributed by atoms with E-state index >= 15 is 0 Å². The lowest BCUT2D eigenvalue weighted by Gasteiger charge is -2.04. The molecule has 0 spiro atoms. The summed E-state index contributed by atoms with van der Waals surface area (Å²) in [7, 11) is 0. The number of carboxylic acids is 1. The molecule has 0 heterocycles. The van der Waals surface area contributed by atoms with Crippen molar-refractivity contribution in [3.05, 3.63) is 35.6 Å². The van der Waals surface area contributed by atoms with E-state index in [9.17, 15) is 14.0 Å². The molecule has 0 amide bonds. The van der Waals surface area contributed by atoms with Gasteiger partial charge in [-0.05, 0) is 24.1 Å². The highest BCUT2D eigenvalue weighted by molar-refractivity contribution is 6.03. The second-order valence-electron chi connectivity index (χ2n) is 3.69. The van der Waals surface area contributed by atoms with Crippen molar-refractivity contribution >= 4 is 17.5 Å². The van der Waals surface area contributed by atoms with Crippen LogP contribution >= 0.6 is 0 Å². The minimum absolute atomic E-state index is 0.0414. The van der Waals surface area contributed by atoms with Gasteiger partial charge in [-0.2, -0.15) is 5.10 Å². The molecule has 1 aromatic rings. The van der Waals surface area contributed by atoms with Gasteiger partial charge in [-0.3, -0.25) is 9.59 Å². The fraction of sp³-hybridized carbons (Fsp3) is 0.250. The summed E-state index contributed by atoms with van der Waals surface area (Å²) in [6, 6.07) is 5.53. The molecule has 6 heteroatoms. The summed E-state index contributed by atoms with van der Waals surface area (Å²) in [5.41, 5.74) is 1.05. The van der Waals surface area contributed by atoms with Gasteiger partial charge in [0.05, 0.1) is 5.71 Å². The molecule has 1 rings (SSSR count). The smallest absolute Gasteiger partial charge is 0.310 e. The largest absolute Gasteiger partial charge is 0.481 e. The van der Waals surface area contributed by atoms with Crippen LogP contribution in [0.15, 0.2) is 29.4 Å². The van der Waals surface area contributed by atoms with E-state index in [1.807, 2.05) is 0 Å². The molecule has 18 heavy (non-hydrogen) atoms. The summed E-state index contributed by atoms with van der Waals surface area (Å²) >= 11 is 0. The molecule has 0 aliphatic rings. The summed E-state index contributed by atoms with van der Waals surface area (Å²) in [6.45, 7) is 0. The quantitative estimate of drug-likeness (QED) is 0.345. The van der Waals surface area contributed by atoms with Crippen molar-refractivity contribution in [1.82, 2.24) is 0 Å². The van der Waals surface area contributed by atoms with Crippen molar-refractivity contribution in [1.29, 1.82) is 0 Å². The number of hydrogen-bond acceptors (Lipinski definition) is 4. The van der Waals surface area contributed by atoms with Gasteiger partial charge < -0.3 is 10.9 Å². The van der Waals surface area contributed by atoms with Crippen molar-refractivity contribution in [3.63, 3.8) is 0 Å². The molecular formula is C12H13FN2O3. The van der Waals surface area contributed by atoms with E-state index in [1.165, 1.54) is 24.3 Å². The number of ketones is 1. The Bertz CT molecular complexity index is 469. The Hall–Kier alpha value is -2.24. The number of Topliss-reactive ketones (excluding diaryl/α,β-unsaturated/α-hetero) is 1. The zero-order chi connectivity index (χ0) is 13.5. The van der Waals surface area contributed by atoms with Crippen LogP contribution in [0.5, 0.6) is 0 Å². The SMILES string of the molecule is NN=C(CCC(=O)CC(=O)O)c1ccc(F)cc1. The van der Waals surface area contributed by atoms with Crippen molar-refractivity contribution in [2.45, 2.75) is 19.3 Å². The molecular weight excluding hydrogens is 239 g/mol. The lowest BCUT2D eigenvalue weighted by molar-refractivity contribution is -0.140. The predicted octanol–water partition coefficient (Wildman–Crippen LogP) is 1.31. The molecule has 1 aromatic carbocycles. The molecule has 0 saturated carbocycles. The van der Waals surface area contributed by atoms with Crippen LogP contribution in [-0.2, 0) is 9.59 Å². The number of carbonyl (C=O) groups excluding carboxylic acids is 1. The van der Waals surface area contributed by atoms with Gasteiger partial charge in [-0.1, -0.05) is 12.1 Å². The van der Waals surface area contributed by atoms with Gasteiger partial charge in [0.1, 0.15) is 18.0 Å². The number of carbonyl (C=O) groups is 2. The number of nitrogens with two attached hydrogens (primary N) is 1. The Balaban J connectivity index is 2.61. The summed E-state index contributed by atoms with van der Waals surface area (Å²) in [6.07, 6.45) is -0.241. The van der Waals surface area contributed by atoms with Crippen LogP contribution in [0.4, 0.5) is 4.39 Å². The maximum atomic E-state index is 12.7. The molecule has 0 aromatic heterocycles. The minimum Gasteiger partial charge on any atom is -0.481 e. The number of aliphatic carboxylic acids is 1. The molecule has 0 saturated heterocycles. The number of benzene rings is 1. The van der Waals surface area contributed by atoms with E-state index in [2.05, 4.69) is 5.10 Å². The lowest BCUT2D eigenvalue weighted by atomic mass is 10.0. The summed E-state index contributed by atoms with van der Waals surface area (Å²) in [4.78, 5) is 21.5. The highest BCUT2D eigenvalue weighted by Gasteiger charge is 2.11. The topological polar surface area (TPSA) is 92.8 Å². The summed E-state index contributed by atoms with van der Waals surface area (Å²) in [5.74, 6) is 3.26. The van der Waals surface area contributed by atoms with E-state index in [1.54, 1.807) is 0 Å². The molecule has 0 aliphatic carbocycles. The second-order valence-corrected chi connectivity index (χ2v) is 3.69. The predicted molar refractivity (Wildman–Crippen MR) is 63.6 cm³/mol. The second kappa shape index (κ2) is 6.48. The maximum absolute atomic E-state index is 12.7. The van der Waals surface area contributed by atoms with Gasteiger partial charge in [0, 0.05) is 6.42 Å². The Morgan fingerprint density at radius 2 is 1.83 bits per heavy atom. The van der Waals surface area contributed by atoms with Gasteiger partial charge in [0.15, 0.2) is 0 Å². The Morgan fingerprint density at radius 3 is 2.33 bits per heavy atom. The first-order valence-corrected chi connectivity index (χ1v) is 5.29. The fourth-order valence-corrected chi connectivity index (χ4v) is 1.44. The number of carboxylic acid groups (broad SMARTS) is 1. The molecule has 0 aliphatic heterocycles. The average molecular weight is 252 g/mol. The molecule has 0 unspecified atom stereocenters. The zero-order valence-electron chi connectivity index (χ0n) is 9.60. The number of hydrogen-bond donors (Lipinski definition) is 2. The zero-order valence-corrected chi connectivity index (χ0v) is 9.60. The first-order valence-electron chi connectivity index (χ1n) is 5.29. The fourth-order valence-electron chi connectivity index (χ4n) is 1.44. The van der Waals surface area contributed by atoms with Crippen molar-refractivity contribution in [2.75, 3.05) is 0 Å². The van der Waals surface area contributed by atoms with E-state index in [0.717, 1.165) is 0 Å². The van der Waals surface area contributed by atoms with E-state index in [0.29, 0.717) is 11.3 Å². The van der Waals surface area contributed by atoms with Crippen molar-refractivity contribution < 1.29 is 19.1 Å². The highest BCUT2D eigenvalue weighted by Crippen LogP contribution is 2.09. The van der Waals surface area contributed by atoms with Crippen LogP contribution in [0, 0.1) is 5.82 Å². The number of nitrogens with zero attached hydrogens (tertiary/aromatic N) is 1. The molecule has 96 valence electrons. The van der Waals surface area contributed by atoms with Gasteiger partial charge >= 0.3 is 5.97 Å². The van der Waals surface area contributed by atoms with Crippen molar-refractivity contribution in [2.24, 2.45) is 10.9 Å². The summed E-state index contributed by atoms with van der Waals surface area (Å²) in [5, 5.41) is 12.0. The van der Waals surface area contributed by atoms with E-state index in [-0.39, 0.29) is 18.7 Å². The molecule has 0 fully saturated rings.